The van der Waals surface area contributed by atoms with Crippen LogP contribution in [0, 0.1) is 20.8 Å². The van der Waals surface area contributed by atoms with Gasteiger partial charge in [0.2, 0.25) is 0 Å². The molecule has 0 aromatic heterocycles. The molecule has 0 aliphatic heterocycles. The maximum absolute atomic E-state index is 10.9. The van der Waals surface area contributed by atoms with Gasteiger partial charge >= 0.3 is 0 Å². The zero-order chi connectivity index (χ0) is 25.4. The highest BCUT2D eigenvalue weighted by Gasteiger charge is 2.06. The van der Waals surface area contributed by atoms with E-state index in [9.17, 15) is 9.59 Å². The van der Waals surface area contributed by atoms with Crippen LogP contribution in [0.3, 0.4) is 0 Å². The summed E-state index contributed by atoms with van der Waals surface area (Å²) in [6.07, 6.45) is 1.61. The first-order valence-corrected chi connectivity index (χ1v) is 11.3. The SMILES string of the molecule is COc1cc(-c2ccc(C)c(C)c2)ccc1C=O.COc1cc(-c2ccc(C)cc2)ccc1C=O. The molecule has 178 valence electrons. The maximum Gasteiger partial charge on any atom is 0.153 e. The molecule has 0 amide bonds. The van der Waals surface area contributed by atoms with Crippen molar-refractivity contribution in [2.45, 2.75) is 20.8 Å². The second-order valence-corrected chi connectivity index (χ2v) is 8.31. The first-order valence-electron chi connectivity index (χ1n) is 11.3. The monoisotopic (exact) mass is 466 g/mol. The van der Waals surface area contributed by atoms with Crippen molar-refractivity contribution in [1.82, 2.24) is 0 Å². The molecule has 0 saturated heterocycles. The molecule has 0 aliphatic carbocycles. The fraction of sp³-hybridized carbons (Fsp3) is 0.161. The van der Waals surface area contributed by atoms with Gasteiger partial charge in [-0.15, -0.1) is 0 Å². The Morgan fingerprint density at radius 2 is 0.943 bits per heavy atom. The standard InChI is InChI=1S/C16H16O2.C15H14O2/c1-11-4-5-13(8-12(11)2)14-6-7-15(10-17)16(9-14)18-3;1-11-3-5-12(6-4-11)13-7-8-14(10-16)15(9-13)17-2/h4-10H,1-3H3;3-10H,1-2H3. The number of rotatable bonds is 6. The number of carbonyl (C=O) groups is 2. The molecule has 4 aromatic carbocycles. The summed E-state index contributed by atoms with van der Waals surface area (Å²) < 4.78 is 10.4. The lowest BCUT2D eigenvalue weighted by atomic mass is 9.99. The number of methoxy groups -OCH3 is 2. The fourth-order valence-electron chi connectivity index (χ4n) is 3.64. The van der Waals surface area contributed by atoms with Crippen LogP contribution in [0.5, 0.6) is 11.5 Å². The Morgan fingerprint density at radius 3 is 1.40 bits per heavy atom. The van der Waals surface area contributed by atoms with Gasteiger partial charge in [0.1, 0.15) is 11.5 Å². The summed E-state index contributed by atoms with van der Waals surface area (Å²) in [4.78, 5) is 21.7. The third-order valence-electron chi connectivity index (χ3n) is 5.95. The summed E-state index contributed by atoms with van der Waals surface area (Å²) in [5.41, 5.74) is 9.26. The number of hydrogen-bond acceptors (Lipinski definition) is 4. The number of benzene rings is 4. The molecule has 4 rings (SSSR count). The summed E-state index contributed by atoms with van der Waals surface area (Å²) in [5, 5.41) is 0. The van der Waals surface area contributed by atoms with Crippen LogP contribution in [0.25, 0.3) is 22.3 Å². The molecule has 4 nitrogen and oxygen atoms in total. The van der Waals surface area contributed by atoms with Crippen molar-refractivity contribution >= 4 is 12.6 Å². The smallest absolute Gasteiger partial charge is 0.153 e. The molecular weight excluding hydrogens is 436 g/mol. The summed E-state index contributed by atoms with van der Waals surface area (Å²) in [6, 6.07) is 25.8. The van der Waals surface area contributed by atoms with Crippen LogP contribution in [0.2, 0.25) is 0 Å². The van der Waals surface area contributed by atoms with E-state index in [1.807, 2.05) is 24.3 Å². The van der Waals surface area contributed by atoms with E-state index >= 15 is 0 Å². The highest BCUT2D eigenvalue weighted by atomic mass is 16.5. The van der Waals surface area contributed by atoms with Crippen LogP contribution in [-0.2, 0) is 0 Å². The molecule has 0 saturated carbocycles. The topological polar surface area (TPSA) is 52.6 Å². The second-order valence-electron chi connectivity index (χ2n) is 8.31. The molecule has 0 radical (unpaired) electrons. The van der Waals surface area contributed by atoms with E-state index in [1.165, 1.54) is 16.7 Å². The highest BCUT2D eigenvalue weighted by molar-refractivity contribution is 5.82. The summed E-state index contributed by atoms with van der Waals surface area (Å²) >= 11 is 0. The molecule has 0 heterocycles. The van der Waals surface area contributed by atoms with Crippen molar-refractivity contribution in [2.24, 2.45) is 0 Å². The van der Waals surface area contributed by atoms with Gasteiger partial charge in [-0.05, 0) is 78.4 Å². The van der Waals surface area contributed by atoms with Gasteiger partial charge in [0.05, 0.1) is 25.3 Å². The van der Waals surface area contributed by atoms with Gasteiger partial charge in [-0.1, -0.05) is 60.2 Å². The minimum absolute atomic E-state index is 0.573. The number of ether oxygens (including phenoxy) is 2. The van der Waals surface area contributed by atoms with Gasteiger partial charge in [0.25, 0.3) is 0 Å². The van der Waals surface area contributed by atoms with Gasteiger partial charge < -0.3 is 9.47 Å². The second kappa shape index (κ2) is 11.8. The highest BCUT2D eigenvalue weighted by Crippen LogP contribution is 2.28. The third-order valence-corrected chi connectivity index (χ3v) is 5.95. The average molecular weight is 467 g/mol. The molecule has 4 heteroatoms. The molecule has 0 atom stereocenters. The predicted octanol–water partition coefficient (Wildman–Crippen LogP) is 7.27. The number of hydrogen-bond donors (Lipinski definition) is 0. The molecule has 0 aliphatic rings. The number of carbonyl (C=O) groups excluding carboxylic acids is 2. The minimum atomic E-state index is 0.573. The van der Waals surface area contributed by atoms with Gasteiger partial charge in [-0.2, -0.15) is 0 Å². The van der Waals surface area contributed by atoms with Crippen molar-refractivity contribution in [2.75, 3.05) is 14.2 Å². The Balaban J connectivity index is 0.000000196. The Kier molecular flexibility index (Phi) is 8.58. The van der Waals surface area contributed by atoms with Crippen LogP contribution in [0.4, 0.5) is 0 Å². The van der Waals surface area contributed by atoms with Crippen LogP contribution in [0.15, 0.2) is 78.9 Å². The van der Waals surface area contributed by atoms with Crippen molar-refractivity contribution in [1.29, 1.82) is 0 Å². The van der Waals surface area contributed by atoms with Crippen LogP contribution in [0.1, 0.15) is 37.4 Å². The fourth-order valence-corrected chi connectivity index (χ4v) is 3.64. The lowest BCUT2D eigenvalue weighted by molar-refractivity contribution is 0.111. The first kappa shape index (κ1) is 25.4. The van der Waals surface area contributed by atoms with Gasteiger partial charge in [-0.25, -0.2) is 0 Å². The predicted molar refractivity (Wildman–Crippen MR) is 142 cm³/mol. The van der Waals surface area contributed by atoms with Crippen LogP contribution in [-0.4, -0.2) is 26.8 Å². The first-order chi connectivity index (χ1) is 16.9. The molecule has 0 spiro atoms. The van der Waals surface area contributed by atoms with Gasteiger partial charge in [0.15, 0.2) is 12.6 Å². The Morgan fingerprint density at radius 1 is 0.514 bits per heavy atom. The summed E-state index contributed by atoms with van der Waals surface area (Å²) in [6.45, 7) is 6.24. The number of aryl methyl sites for hydroxylation is 3. The molecule has 0 bridgehead atoms. The minimum Gasteiger partial charge on any atom is -0.496 e. The van der Waals surface area contributed by atoms with E-state index in [0.717, 1.165) is 34.8 Å². The van der Waals surface area contributed by atoms with Crippen LogP contribution >= 0.6 is 0 Å². The van der Waals surface area contributed by atoms with E-state index in [0.29, 0.717) is 22.6 Å². The molecule has 35 heavy (non-hydrogen) atoms. The van der Waals surface area contributed by atoms with Crippen molar-refractivity contribution in [3.63, 3.8) is 0 Å². The molecule has 0 unspecified atom stereocenters. The zero-order valence-corrected chi connectivity index (χ0v) is 20.8. The molecule has 4 aromatic rings. The zero-order valence-electron chi connectivity index (χ0n) is 20.8. The normalized spacial score (nSPS) is 10.1. The summed E-state index contributed by atoms with van der Waals surface area (Å²) in [7, 11) is 3.15. The Labute approximate surface area is 207 Å². The maximum atomic E-state index is 10.9. The lowest BCUT2D eigenvalue weighted by Crippen LogP contribution is -1.91. The van der Waals surface area contributed by atoms with Crippen molar-refractivity contribution in [3.8, 4) is 33.8 Å². The van der Waals surface area contributed by atoms with E-state index in [-0.39, 0.29) is 0 Å². The van der Waals surface area contributed by atoms with Gasteiger partial charge in [-0.3, -0.25) is 9.59 Å². The van der Waals surface area contributed by atoms with E-state index < -0.39 is 0 Å². The molecule has 0 N–H and O–H groups in total. The third kappa shape index (κ3) is 6.24. The van der Waals surface area contributed by atoms with Crippen LogP contribution < -0.4 is 9.47 Å². The molecular formula is C31H30O4. The largest absolute Gasteiger partial charge is 0.496 e. The summed E-state index contributed by atoms with van der Waals surface area (Å²) in [5.74, 6) is 1.22. The van der Waals surface area contributed by atoms with Crippen molar-refractivity contribution < 1.29 is 19.1 Å². The Bertz CT molecular complexity index is 1320. The van der Waals surface area contributed by atoms with E-state index in [4.69, 9.17) is 9.47 Å². The van der Waals surface area contributed by atoms with Gasteiger partial charge in [0, 0.05) is 0 Å². The van der Waals surface area contributed by atoms with E-state index in [1.54, 1.807) is 26.4 Å². The molecule has 0 fully saturated rings. The average Bonchev–Trinajstić information content (AvgIpc) is 2.90. The Hall–Kier alpha value is -4.18. The number of aldehydes is 2. The lowest BCUT2D eigenvalue weighted by Gasteiger charge is -2.09. The van der Waals surface area contributed by atoms with Crippen molar-refractivity contribution in [3.05, 3.63) is 107 Å². The quantitative estimate of drug-likeness (QED) is 0.280. The van der Waals surface area contributed by atoms with E-state index in [2.05, 4.69) is 63.2 Å².